The topological polar surface area (TPSA) is 34.1 Å². The monoisotopic (exact) mass is 276 g/mol. The number of nitrogens with one attached hydrogen (secondary N) is 1. The molecule has 0 aliphatic heterocycles. The van der Waals surface area contributed by atoms with Gasteiger partial charge in [0, 0.05) is 23.2 Å². The van der Waals surface area contributed by atoms with Crippen molar-refractivity contribution in [3.8, 4) is 0 Å². The molecule has 19 heavy (non-hydrogen) atoms. The van der Waals surface area contributed by atoms with Crippen LogP contribution in [0.4, 0.5) is 5.69 Å². The second-order valence-corrected chi connectivity index (χ2v) is 5.51. The third-order valence-electron chi connectivity index (χ3n) is 2.93. The van der Waals surface area contributed by atoms with E-state index in [0.717, 1.165) is 23.0 Å². The molecule has 0 fully saturated rings. The number of ether oxygens (including phenoxy) is 1. The summed E-state index contributed by atoms with van der Waals surface area (Å²) in [6.45, 7) is 7.55. The molecule has 0 saturated heterocycles. The number of anilines is 1. The summed E-state index contributed by atoms with van der Waals surface area (Å²) in [4.78, 5) is 4.52. The van der Waals surface area contributed by atoms with Crippen LogP contribution >= 0.6 is 11.3 Å². The molecule has 1 atom stereocenters. The lowest BCUT2D eigenvalue weighted by Gasteiger charge is -2.16. The minimum absolute atomic E-state index is 0.202. The van der Waals surface area contributed by atoms with E-state index in [1.807, 2.05) is 26.0 Å². The molecule has 0 spiro atoms. The van der Waals surface area contributed by atoms with Gasteiger partial charge in [-0.3, -0.25) is 0 Å². The number of para-hydroxylation sites is 1. The minimum atomic E-state index is 0.202. The number of hydrogen-bond donors (Lipinski definition) is 1. The fourth-order valence-corrected chi connectivity index (χ4v) is 2.59. The highest BCUT2D eigenvalue weighted by atomic mass is 32.1. The average molecular weight is 276 g/mol. The van der Waals surface area contributed by atoms with E-state index in [-0.39, 0.29) is 6.04 Å². The second kappa shape index (κ2) is 6.68. The molecular weight excluding hydrogens is 256 g/mol. The molecule has 0 bridgehead atoms. The van der Waals surface area contributed by atoms with Gasteiger partial charge in [0.15, 0.2) is 0 Å². The number of aryl methyl sites for hydroxylation is 1. The van der Waals surface area contributed by atoms with Crippen LogP contribution in [0.3, 0.4) is 0 Å². The Morgan fingerprint density at radius 1 is 1.37 bits per heavy atom. The molecule has 0 aliphatic rings. The molecule has 1 N–H and O–H groups in total. The molecule has 102 valence electrons. The molecule has 1 heterocycles. The van der Waals surface area contributed by atoms with Gasteiger partial charge in [-0.25, -0.2) is 4.98 Å². The predicted octanol–water partition coefficient (Wildman–Crippen LogP) is 4.16. The van der Waals surface area contributed by atoms with Gasteiger partial charge in [0.05, 0.1) is 23.4 Å². The van der Waals surface area contributed by atoms with Gasteiger partial charge in [-0.05, 0) is 26.8 Å². The zero-order valence-electron chi connectivity index (χ0n) is 11.6. The van der Waals surface area contributed by atoms with Crippen molar-refractivity contribution in [3.63, 3.8) is 0 Å². The fourth-order valence-electron chi connectivity index (χ4n) is 1.89. The lowest BCUT2D eigenvalue weighted by atomic mass is 10.1. The Morgan fingerprint density at radius 2 is 2.16 bits per heavy atom. The van der Waals surface area contributed by atoms with E-state index >= 15 is 0 Å². The van der Waals surface area contributed by atoms with Crippen LogP contribution in [0.1, 0.15) is 36.2 Å². The van der Waals surface area contributed by atoms with Crippen LogP contribution in [0.25, 0.3) is 0 Å². The van der Waals surface area contributed by atoms with Crippen molar-refractivity contribution in [1.29, 1.82) is 0 Å². The van der Waals surface area contributed by atoms with E-state index < -0.39 is 0 Å². The predicted molar refractivity (Wildman–Crippen MR) is 80.7 cm³/mol. The molecule has 0 saturated carbocycles. The van der Waals surface area contributed by atoms with Crippen LogP contribution in [-0.2, 0) is 11.3 Å². The molecule has 0 radical (unpaired) electrons. The Balaban J connectivity index is 2.09. The van der Waals surface area contributed by atoms with E-state index in [0.29, 0.717) is 6.61 Å². The highest BCUT2D eigenvalue weighted by Crippen LogP contribution is 2.23. The largest absolute Gasteiger partial charge is 0.377 e. The lowest BCUT2D eigenvalue weighted by Crippen LogP contribution is -2.09. The molecule has 0 amide bonds. The van der Waals surface area contributed by atoms with Crippen molar-refractivity contribution < 1.29 is 4.74 Å². The summed E-state index contributed by atoms with van der Waals surface area (Å²) in [7, 11) is 0. The summed E-state index contributed by atoms with van der Waals surface area (Å²) in [5, 5.41) is 6.73. The van der Waals surface area contributed by atoms with Gasteiger partial charge in [-0.2, -0.15) is 0 Å². The number of rotatable bonds is 6. The summed E-state index contributed by atoms with van der Waals surface area (Å²) in [6.07, 6.45) is 0. The maximum Gasteiger partial charge on any atom is 0.0898 e. The molecule has 3 nitrogen and oxygen atoms in total. The number of hydrogen-bond acceptors (Lipinski definition) is 4. The molecule has 1 aromatic heterocycles. The highest BCUT2D eigenvalue weighted by molar-refractivity contribution is 7.09. The lowest BCUT2D eigenvalue weighted by molar-refractivity contribution is 0.134. The first-order chi connectivity index (χ1) is 9.20. The summed E-state index contributed by atoms with van der Waals surface area (Å²) in [6, 6.07) is 8.46. The average Bonchev–Trinajstić information content (AvgIpc) is 2.84. The third-order valence-corrected chi connectivity index (χ3v) is 3.72. The number of benzene rings is 1. The van der Waals surface area contributed by atoms with Gasteiger partial charge in [0.1, 0.15) is 0 Å². The van der Waals surface area contributed by atoms with Crippen molar-refractivity contribution in [3.05, 3.63) is 45.9 Å². The van der Waals surface area contributed by atoms with Gasteiger partial charge in [-0.1, -0.05) is 18.2 Å². The smallest absolute Gasteiger partial charge is 0.0898 e. The number of nitrogens with zero attached hydrogens (tertiary/aromatic N) is 1. The number of aromatic nitrogens is 1. The first-order valence-electron chi connectivity index (χ1n) is 6.55. The molecule has 4 heteroatoms. The molecule has 1 unspecified atom stereocenters. The van der Waals surface area contributed by atoms with Gasteiger partial charge < -0.3 is 10.1 Å². The van der Waals surface area contributed by atoms with E-state index in [1.165, 1.54) is 5.56 Å². The van der Waals surface area contributed by atoms with Crippen molar-refractivity contribution in [2.75, 3.05) is 11.9 Å². The van der Waals surface area contributed by atoms with Crippen LogP contribution in [0.15, 0.2) is 29.6 Å². The number of thiazole rings is 1. The third kappa shape index (κ3) is 3.78. The van der Waals surface area contributed by atoms with Crippen molar-refractivity contribution in [2.45, 2.75) is 33.4 Å². The van der Waals surface area contributed by atoms with Crippen molar-refractivity contribution in [2.24, 2.45) is 0 Å². The molecule has 2 aromatic rings. The van der Waals surface area contributed by atoms with Crippen LogP contribution in [0.2, 0.25) is 0 Å². The maximum absolute atomic E-state index is 5.50. The second-order valence-electron chi connectivity index (χ2n) is 4.45. The van der Waals surface area contributed by atoms with E-state index in [2.05, 4.69) is 34.7 Å². The van der Waals surface area contributed by atoms with Crippen LogP contribution in [0.5, 0.6) is 0 Å². The van der Waals surface area contributed by atoms with Crippen LogP contribution in [-0.4, -0.2) is 11.6 Å². The van der Waals surface area contributed by atoms with Crippen LogP contribution < -0.4 is 5.32 Å². The van der Waals surface area contributed by atoms with E-state index in [1.54, 1.807) is 11.3 Å². The first-order valence-corrected chi connectivity index (χ1v) is 7.43. The quantitative estimate of drug-likeness (QED) is 0.860. The van der Waals surface area contributed by atoms with Gasteiger partial charge in [-0.15, -0.1) is 11.3 Å². The van der Waals surface area contributed by atoms with Crippen molar-refractivity contribution in [1.82, 2.24) is 4.98 Å². The Labute approximate surface area is 118 Å². The van der Waals surface area contributed by atoms with Crippen molar-refractivity contribution >= 4 is 17.0 Å². The summed E-state index contributed by atoms with van der Waals surface area (Å²) in [5.74, 6) is 0. The Bertz CT molecular complexity index is 524. The zero-order chi connectivity index (χ0) is 13.7. The SMILES string of the molecule is CCOCc1ccccc1NC(C)c1csc(C)n1. The summed E-state index contributed by atoms with van der Waals surface area (Å²) >= 11 is 1.69. The Kier molecular flexibility index (Phi) is 4.93. The molecule has 2 rings (SSSR count). The fraction of sp³-hybridized carbons (Fsp3) is 0.400. The van der Waals surface area contributed by atoms with Crippen LogP contribution in [0, 0.1) is 6.92 Å². The maximum atomic E-state index is 5.50. The molecule has 1 aromatic carbocycles. The van der Waals surface area contributed by atoms with Gasteiger partial charge >= 0.3 is 0 Å². The van der Waals surface area contributed by atoms with Gasteiger partial charge in [0.25, 0.3) is 0 Å². The Hall–Kier alpha value is -1.39. The normalized spacial score (nSPS) is 12.4. The highest BCUT2D eigenvalue weighted by Gasteiger charge is 2.10. The standard InChI is InChI=1S/C15H20N2OS/c1-4-18-9-13-7-5-6-8-14(13)16-11(2)15-10-19-12(3)17-15/h5-8,10-11,16H,4,9H2,1-3H3. The minimum Gasteiger partial charge on any atom is -0.377 e. The van der Waals surface area contributed by atoms with Gasteiger partial charge in [0.2, 0.25) is 0 Å². The molecule has 0 aliphatic carbocycles. The van der Waals surface area contributed by atoms with E-state index in [9.17, 15) is 0 Å². The Morgan fingerprint density at radius 3 is 2.84 bits per heavy atom. The zero-order valence-corrected chi connectivity index (χ0v) is 12.5. The summed E-state index contributed by atoms with van der Waals surface area (Å²) in [5.41, 5.74) is 3.39. The molecular formula is C15H20N2OS. The first kappa shape index (κ1) is 14.0. The summed E-state index contributed by atoms with van der Waals surface area (Å²) < 4.78 is 5.50. The van der Waals surface area contributed by atoms with E-state index in [4.69, 9.17) is 4.74 Å².